The second kappa shape index (κ2) is 9.37. The molecule has 0 aromatic carbocycles. The number of fused-ring (bicyclic) bond motifs is 1. The van der Waals surface area contributed by atoms with Gasteiger partial charge in [0.1, 0.15) is 5.65 Å². The number of nitrogens with zero attached hydrogens (tertiary/aromatic N) is 3. The minimum Gasteiger partial charge on any atom is -0.393 e. The molecule has 3 heterocycles. The van der Waals surface area contributed by atoms with E-state index in [-0.39, 0.29) is 18.4 Å². The van der Waals surface area contributed by atoms with Gasteiger partial charge in [-0.15, -0.1) is 0 Å². The second-order valence-corrected chi connectivity index (χ2v) is 13.5. The molecular weight excluding hydrogens is 523 g/mol. The van der Waals surface area contributed by atoms with Crippen LogP contribution in [0.25, 0.3) is 5.65 Å². The molecule has 4 saturated carbocycles. The predicted octanol–water partition coefficient (Wildman–Crippen LogP) is 3.65. The number of carbonyl (C=O) groups excluding carboxylic acids is 1. The molecule has 13 heteroatoms. The SMILES string of the molecule is O=C(NCC12CC3CC(CC(C3)C1)C2)Oc1cccc2nc(CN3CCC(NS(=O)(=O)C(F)(F)F)C3)cn12. The third-order valence-corrected chi connectivity index (χ3v) is 10.0. The molecule has 0 radical (unpaired) electrons. The molecule has 5 fully saturated rings. The first kappa shape index (κ1) is 25.9. The molecule has 1 aliphatic heterocycles. The van der Waals surface area contributed by atoms with E-state index >= 15 is 0 Å². The van der Waals surface area contributed by atoms with Gasteiger partial charge in [-0.05, 0) is 80.2 Å². The number of hydrogen-bond donors (Lipinski definition) is 2. The van der Waals surface area contributed by atoms with Crippen LogP contribution in [-0.2, 0) is 16.6 Å². The predicted molar refractivity (Wildman–Crippen MR) is 132 cm³/mol. The van der Waals surface area contributed by atoms with Crippen LogP contribution in [0.15, 0.2) is 24.4 Å². The average Bonchev–Trinajstić information content (AvgIpc) is 3.43. The van der Waals surface area contributed by atoms with Gasteiger partial charge in [-0.2, -0.15) is 13.2 Å². The molecule has 208 valence electrons. The summed E-state index contributed by atoms with van der Waals surface area (Å²) in [5.74, 6) is 2.72. The molecule has 9 nitrogen and oxygen atoms in total. The van der Waals surface area contributed by atoms with Crippen LogP contribution in [-0.4, -0.2) is 60.0 Å². The number of aromatic nitrogens is 2. The Balaban J connectivity index is 1.06. The van der Waals surface area contributed by atoms with Crippen molar-refractivity contribution < 1.29 is 31.1 Å². The van der Waals surface area contributed by atoms with E-state index in [0.29, 0.717) is 36.9 Å². The number of rotatable bonds is 7. The van der Waals surface area contributed by atoms with Crippen molar-refractivity contribution in [2.45, 2.75) is 63.0 Å². The number of carbonyl (C=O) groups is 1. The first-order chi connectivity index (χ1) is 18.0. The van der Waals surface area contributed by atoms with Gasteiger partial charge in [0.25, 0.3) is 0 Å². The van der Waals surface area contributed by atoms with E-state index in [2.05, 4.69) is 10.3 Å². The lowest BCUT2D eigenvalue weighted by atomic mass is 9.49. The minimum absolute atomic E-state index is 0.138. The fourth-order valence-electron chi connectivity index (χ4n) is 7.68. The van der Waals surface area contributed by atoms with Crippen molar-refractivity contribution in [2.24, 2.45) is 23.2 Å². The van der Waals surface area contributed by atoms with E-state index in [9.17, 15) is 26.4 Å². The number of halogens is 3. The maximum atomic E-state index is 12.7. The largest absolute Gasteiger partial charge is 0.511 e. The maximum Gasteiger partial charge on any atom is 0.511 e. The Bertz CT molecular complexity index is 1290. The van der Waals surface area contributed by atoms with Gasteiger partial charge in [0, 0.05) is 38.4 Å². The fraction of sp³-hybridized carbons (Fsp3) is 0.680. The molecule has 1 unspecified atom stereocenters. The summed E-state index contributed by atoms with van der Waals surface area (Å²) < 4.78 is 69.9. The van der Waals surface area contributed by atoms with Crippen LogP contribution in [0.2, 0.25) is 0 Å². The molecule has 5 aliphatic rings. The van der Waals surface area contributed by atoms with Crippen molar-refractivity contribution in [2.75, 3.05) is 19.6 Å². The summed E-state index contributed by atoms with van der Waals surface area (Å²) in [6.45, 7) is 1.52. The molecule has 4 aliphatic carbocycles. The van der Waals surface area contributed by atoms with Crippen LogP contribution in [0, 0.1) is 23.2 Å². The van der Waals surface area contributed by atoms with Gasteiger partial charge in [-0.25, -0.2) is 22.9 Å². The average molecular weight is 556 g/mol. The summed E-state index contributed by atoms with van der Waals surface area (Å²) in [5, 5.41) is 3.01. The fourth-order valence-corrected chi connectivity index (χ4v) is 8.45. The van der Waals surface area contributed by atoms with E-state index in [1.54, 1.807) is 33.5 Å². The molecule has 2 N–H and O–H groups in total. The molecule has 1 saturated heterocycles. The van der Waals surface area contributed by atoms with E-state index in [0.717, 1.165) is 17.8 Å². The topological polar surface area (TPSA) is 105 Å². The van der Waals surface area contributed by atoms with Crippen molar-refractivity contribution in [3.05, 3.63) is 30.1 Å². The quantitative estimate of drug-likeness (QED) is 0.541. The number of ether oxygens (including phenoxy) is 1. The van der Waals surface area contributed by atoms with Gasteiger partial charge < -0.3 is 10.1 Å². The zero-order chi connectivity index (χ0) is 26.7. The van der Waals surface area contributed by atoms with Gasteiger partial charge in [-0.3, -0.25) is 9.30 Å². The number of amides is 1. The molecule has 1 atom stereocenters. The molecular formula is C25H32F3N5O4S. The Morgan fingerprint density at radius 1 is 1.13 bits per heavy atom. The van der Waals surface area contributed by atoms with Crippen LogP contribution in [0.5, 0.6) is 5.88 Å². The number of nitrogens with one attached hydrogen (secondary N) is 2. The molecule has 2 aromatic rings. The first-order valence-electron chi connectivity index (χ1n) is 13.2. The van der Waals surface area contributed by atoms with Gasteiger partial charge in [0.05, 0.1) is 5.69 Å². The lowest BCUT2D eigenvalue weighted by molar-refractivity contribution is -0.0503. The maximum absolute atomic E-state index is 12.7. The van der Waals surface area contributed by atoms with Crippen molar-refractivity contribution in [1.82, 2.24) is 24.3 Å². The molecule has 0 spiro atoms. The summed E-state index contributed by atoms with van der Waals surface area (Å²) in [6.07, 6.45) is 9.09. The van der Waals surface area contributed by atoms with Crippen molar-refractivity contribution in [3.8, 4) is 5.88 Å². The highest BCUT2D eigenvalue weighted by molar-refractivity contribution is 7.90. The highest BCUT2D eigenvalue weighted by Gasteiger charge is 2.51. The molecule has 2 aromatic heterocycles. The molecule has 4 bridgehead atoms. The smallest absolute Gasteiger partial charge is 0.393 e. The van der Waals surface area contributed by atoms with Gasteiger partial charge in [0.15, 0.2) is 0 Å². The number of alkyl halides is 3. The van der Waals surface area contributed by atoms with Crippen LogP contribution in [0.4, 0.5) is 18.0 Å². The summed E-state index contributed by atoms with van der Waals surface area (Å²) in [7, 11) is -5.38. The van der Waals surface area contributed by atoms with Crippen LogP contribution in [0.1, 0.15) is 50.6 Å². The van der Waals surface area contributed by atoms with Crippen molar-refractivity contribution in [1.29, 1.82) is 0 Å². The first-order valence-corrected chi connectivity index (χ1v) is 14.7. The Morgan fingerprint density at radius 3 is 2.47 bits per heavy atom. The Hall–Kier alpha value is -2.38. The summed E-state index contributed by atoms with van der Waals surface area (Å²) in [4.78, 5) is 19.1. The zero-order valence-electron chi connectivity index (χ0n) is 20.9. The normalized spacial score (nSPS) is 31.2. The van der Waals surface area contributed by atoms with E-state index in [4.69, 9.17) is 4.74 Å². The number of imidazole rings is 1. The highest BCUT2D eigenvalue weighted by atomic mass is 32.2. The lowest BCUT2D eigenvalue weighted by Gasteiger charge is -2.56. The zero-order valence-corrected chi connectivity index (χ0v) is 21.7. The van der Waals surface area contributed by atoms with Crippen LogP contribution < -0.4 is 14.8 Å². The van der Waals surface area contributed by atoms with E-state index in [1.165, 1.54) is 38.5 Å². The third kappa shape index (κ3) is 5.12. The summed E-state index contributed by atoms with van der Waals surface area (Å²) in [5.41, 5.74) is -3.93. The molecule has 38 heavy (non-hydrogen) atoms. The monoisotopic (exact) mass is 555 g/mol. The Labute approximate surface area is 219 Å². The Morgan fingerprint density at radius 2 is 1.82 bits per heavy atom. The van der Waals surface area contributed by atoms with Gasteiger partial charge >= 0.3 is 21.6 Å². The lowest BCUT2D eigenvalue weighted by Crippen LogP contribution is -2.51. The van der Waals surface area contributed by atoms with E-state index < -0.39 is 27.7 Å². The van der Waals surface area contributed by atoms with Crippen molar-refractivity contribution >= 4 is 21.8 Å². The highest BCUT2D eigenvalue weighted by Crippen LogP contribution is 2.59. The summed E-state index contributed by atoms with van der Waals surface area (Å²) in [6, 6.07) is 4.37. The Kier molecular flexibility index (Phi) is 6.38. The van der Waals surface area contributed by atoms with Gasteiger partial charge in [-0.1, -0.05) is 6.07 Å². The number of likely N-dealkylation sites (tertiary alicyclic amines) is 1. The standard InChI is InChI=1S/C25H32F3N5O4S/c26-25(27,28)38(35,36)31-19-4-5-32(12-19)13-20-14-33-21(30-20)2-1-3-22(33)37-23(34)29-15-24-9-16-6-17(10-24)8-18(7-16)11-24/h1-3,14,16-19,31H,4-13,15H2,(H,29,34). The number of hydrogen-bond acceptors (Lipinski definition) is 6. The van der Waals surface area contributed by atoms with Gasteiger partial charge in [0.2, 0.25) is 5.88 Å². The second-order valence-electron chi connectivity index (χ2n) is 11.8. The molecule has 7 rings (SSSR count). The molecule has 1 amide bonds. The van der Waals surface area contributed by atoms with Crippen molar-refractivity contribution in [3.63, 3.8) is 0 Å². The number of sulfonamides is 1. The number of pyridine rings is 1. The van der Waals surface area contributed by atoms with E-state index in [1.807, 2.05) is 4.90 Å². The summed E-state index contributed by atoms with van der Waals surface area (Å²) >= 11 is 0. The van der Waals surface area contributed by atoms with Crippen LogP contribution >= 0.6 is 0 Å². The third-order valence-electron chi connectivity index (χ3n) is 8.76. The van der Waals surface area contributed by atoms with Crippen LogP contribution in [0.3, 0.4) is 0 Å². The minimum atomic E-state index is -5.38.